The molecule has 6 heteroatoms. The van der Waals surface area contributed by atoms with Gasteiger partial charge in [-0.3, -0.25) is 15.1 Å². The lowest BCUT2D eigenvalue weighted by Gasteiger charge is -2.09. The average molecular weight is 269 g/mol. The molecule has 1 aromatic rings. The van der Waals surface area contributed by atoms with Gasteiger partial charge in [0.1, 0.15) is 19.0 Å². The molecule has 5 nitrogen and oxygen atoms in total. The van der Waals surface area contributed by atoms with Crippen LogP contribution in [0.2, 0.25) is 0 Å². The van der Waals surface area contributed by atoms with E-state index in [1.807, 2.05) is 0 Å². The first-order valence-corrected chi connectivity index (χ1v) is 5.66. The molecule has 1 rings (SSSR count). The number of alkyl halides is 1. The molecule has 0 atom stereocenters. The maximum atomic E-state index is 11.9. The Morgan fingerprint density at radius 3 is 2.68 bits per heavy atom. The van der Waals surface area contributed by atoms with Gasteiger partial charge in [0.25, 0.3) is 0 Å². The highest BCUT2D eigenvalue weighted by atomic mass is 19.1. The standard InChI is InChI=1S/C13H16FNO4/c1-18-13(17)9-11(15-19-7-6-14)8-10-2-4-12(16)5-3-10/h2-5,8,15-16H,6-7,9H2,1H3. The molecule has 0 heterocycles. The number of phenolic OH excluding ortho intramolecular Hbond substituents is 1. The lowest BCUT2D eigenvalue weighted by molar-refractivity contribution is -0.140. The lowest BCUT2D eigenvalue weighted by Crippen LogP contribution is -2.18. The maximum absolute atomic E-state index is 11.9. The summed E-state index contributed by atoms with van der Waals surface area (Å²) in [5, 5.41) is 9.17. The van der Waals surface area contributed by atoms with Gasteiger partial charge in [-0.05, 0) is 23.8 Å². The molecule has 0 aliphatic carbocycles. The number of phenols is 1. The van der Waals surface area contributed by atoms with Gasteiger partial charge in [-0.15, -0.1) is 0 Å². The number of esters is 1. The second kappa shape index (κ2) is 8.10. The van der Waals surface area contributed by atoms with E-state index in [9.17, 15) is 14.3 Å². The molecule has 0 aliphatic rings. The molecule has 0 aromatic heterocycles. The van der Waals surface area contributed by atoms with Crippen molar-refractivity contribution >= 4 is 12.0 Å². The Labute approximate surface area is 110 Å². The lowest BCUT2D eigenvalue weighted by atomic mass is 10.1. The summed E-state index contributed by atoms with van der Waals surface area (Å²) in [5.41, 5.74) is 3.70. The zero-order valence-corrected chi connectivity index (χ0v) is 10.6. The predicted octanol–water partition coefficient (Wildman–Crippen LogP) is 1.79. The maximum Gasteiger partial charge on any atom is 0.311 e. The van der Waals surface area contributed by atoms with Crippen molar-refractivity contribution in [1.29, 1.82) is 0 Å². The van der Waals surface area contributed by atoms with Gasteiger partial charge in [0.05, 0.1) is 13.5 Å². The molecule has 0 saturated carbocycles. The number of carbonyl (C=O) groups excluding carboxylic acids is 1. The quantitative estimate of drug-likeness (QED) is 0.449. The molecule has 0 saturated heterocycles. The Hall–Kier alpha value is -2.08. The van der Waals surface area contributed by atoms with E-state index in [4.69, 9.17) is 4.84 Å². The van der Waals surface area contributed by atoms with Crippen LogP contribution in [0.5, 0.6) is 5.75 Å². The molecular weight excluding hydrogens is 253 g/mol. The highest BCUT2D eigenvalue weighted by molar-refractivity contribution is 5.74. The van der Waals surface area contributed by atoms with Gasteiger partial charge in [-0.25, -0.2) is 4.39 Å². The fourth-order valence-corrected chi connectivity index (χ4v) is 1.30. The summed E-state index contributed by atoms with van der Waals surface area (Å²) in [6, 6.07) is 6.38. The molecule has 1 aromatic carbocycles. The summed E-state index contributed by atoms with van der Waals surface area (Å²) in [6.07, 6.45) is 1.62. The molecule has 2 N–H and O–H groups in total. The largest absolute Gasteiger partial charge is 0.508 e. The van der Waals surface area contributed by atoms with E-state index >= 15 is 0 Å². The zero-order chi connectivity index (χ0) is 14.1. The van der Waals surface area contributed by atoms with Crippen LogP contribution < -0.4 is 5.48 Å². The van der Waals surface area contributed by atoms with Gasteiger partial charge >= 0.3 is 5.97 Å². The van der Waals surface area contributed by atoms with Gasteiger partial charge in [0, 0.05) is 5.70 Å². The summed E-state index contributed by atoms with van der Waals surface area (Å²) in [7, 11) is 1.28. The van der Waals surface area contributed by atoms with Crippen LogP contribution in [-0.4, -0.2) is 31.5 Å². The summed E-state index contributed by atoms with van der Waals surface area (Å²) in [6.45, 7) is -0.744. The number of aromatic hydroxyl groups is 1. The van der Waals surface area contributed by atoms with Crippen molar-refractivity contribution in [1.82, 2.24) is 5.48 Å². The normalized spacial score (nSPS) is 11.2. The minimum absolute atomic E-state index is 0.0241. The number of methoxy groups -OCH3 is 1. The summed E-state index contributed by atoms with van der Waals surface area (Å²) < 4.78 is 16.5. The molecule has 104 valence electrons. The van der Waals surface area contributed by atoms with E-state index in [1.165, 1.54) is 19.2 Å². The number of hydrogen-bond donors (Lipinski definition) is 2. The third kappa shape index (κ3) is 5.87. The average Bonchev–Trinajstić information content (AvgIpc) is 2.41. The number of benzene rings is 1. The molecular formula is C13H16FNO4. The monoisotopic (exact) mass is 269 g/mol. The van der Waals surface area contributed by atoms with Crippen molar-refractivity contribution < 1.29 is 23.9 Å². The van der Waals surface area contributed by atoms with Crippen LogP contribution >= 0.6 is 0 Å². The minimum Gasteiger partial charge on any atom is -0.508 e. The Morgan fingerprint density at radius 2 is 2.11 bits per heavy atom. The predicted molar refractivity (Wildman–Crippen MR) is 67.8 cm³/mol. The van der Waals surface area contributed by atoms with Crippen LogP contribution in [0.3, 0.4) is 0 Å². The second-order valence-electron chi connectivity index (χ2n) is 3.65. The van der Waals surface area contributed by atoms with Gasteiger partial charge in [-0.2, -0.15) is 0 Å². The van der Waals surface area contributed by atoms with E-state index in [0.717, 1.165) is 5.56 Å². The van der Waals surface area contributed by atoms with E-state index in [0.29, 0.717) is 5.70 Å². The summed E-state index contributed by atoms with van der Waals surface area (Å²) in [4.78, 5) is 16.1. The van der Waals surface area contributed by atoms with E-state index in [-0.39, 0.29) is 18.8 Å². The van der Waals surface area contributed by atoms with E-state index in [2.05, 4.69) is 10.2 Å². The Morgan fingerprint density at radius 1 is 1.42 bits per heavy atom. The van der Waals surface area contributed by atoms with E-state index in [1.54, 1.807) is 18.2 Å². The van der Waals surface area contributed by atoms with Gasteiger partial charge in [0.15, 0.2) is 0 Å². The molecule has 0 amide bonds. The fraction of sp³-hybridized carbons (Fsp3) is 0.308. The van der Waals surface area contributed by atoms with Crippen molar-refractivity contribution in [3.63, 3.8) is 0 Å². The SMILES string of the molecule is COC(=O)CC(=Cc1ccc(O)cc1)NOCCF. The summed E-state index contributed by atoms with van der Waals surface area (Å²) in [5.74, 6) is -0.297. The number of hydroxylamine groups is 1. The number of ether oxygens (including phenoxy) is 1. The highest BCUT2D eigenvalue weighted by Gasteiger charge is 2.06. The van der Waals surface area contributed by atoms with Crippen LogP contribution in [-0.2, 0) is 14.4 Å². The number of nitrogens with one attached hydrogen (secondary N) is 1. The van der Waals surface area contributed by atoms with E-state index < -0.39 is 12.6 Å². The van der Waals surface area contributed by atoms with Crippen molar-refractivity contribution in [2.75, 3.05) is 20.4 Å². The molecule has 0 spiro atoms. The van der Waals surface area contributed by atoms with Crippen LogP contribution in [0.15, 0.2) is 30.0 Å². The summed E-state index contributed by atoms with van der Waals surface area (Å²) >= 11 is 0. The number of carbonyl (C=O) groups is 1. The first-order chi connectivity index (χ1) is 9.15. The van der Waals surface area contributed by atoms with Crippen molar-refractivity contribution in [2.24, 2.45) is 0 Å². The topological polar surface area (TPSA) is 67.8 Å². The van der Waals surface area contributed by atoms with Crippen molar-refractivity contribution in [3.05, 3.63) is 35.5 Å². The molecule has 0 radical (unpaired) electrons. The molecule has 0 aliphatic heterocycles. The second-order valence-corrected chi connectivity index (χ2v) is 3.65. The molecule has 19 heavy (non-hydrogen) atoms. The third-order valence-corrected chi connectivity index (χ3v) is 2.18. The smallest absolute Gasteiger partial charge is 0.311 e. The number of halogens is 1. The first kappa shape index (κ1) is 15.0. The first-order valence-electron chi connectivity index (χ1n) is 5.66. The number of rotatable bonds is 7. The Bertz CT molecular complexity index is 431. The third-order valence-electron chi connectivity index (χ3n) is 2.18. The number of hydrogen-bond acceptors (Lipinski definition) is 5. The van der Waals surface area contributed by atoms with Crippen molar-refractivity contribution in [2.45, 2.75) is 6.42 Å². The molecule has 0 bridgehead atoms. The van der Waals surface area contributed by atoms with Gasteiger partial charge in [0.2, 0.25) is 0 Å². The van der Waals surface area contributed by atoms with Gasteiger partial charge < -0.3 is 9.84 Å². The highest BCUT2D eigenvalue weighted by Crippen LogP contribution is 2.13. The fourth-order valence-electron chi connectivity index (χ4n) is 1.30. The van der Waals surface area contributed by atoms with Crippen LogP contribution in [0, 0.1) is 0 Å². The Kier molecular flexibility index (Phi) is 6.38. The van der Waals surface area contributed by atoms with Gasteiger partial charge in [-0.1, -0.05) is 12.1 Å². The van der Waals surface area contributed by atoms with Crippen LogP contribution in [0.1, 0.15) is 12.0 Å². The van der Waals surface area contributed by atoms with Crippen molar-refractivity contribution in [3.8, 4) is 5.75 Å². The molecule has 0 fully saturated rings. The van der Waals surface area contributed by atoms with Crippen LogP contribution in [0.25, 0.3) is 6.08 Å². The minimum atomic E-state index is -0.627. The Balaban J connectivity index is 2.75. The molecule has 0 unspecified atom stereocenters. The van der Waals surface area contributed by atoms with Crippen LogP contribution in [0.4, 0.5) is 4.39 Å². The zero-order valence-electron chi connectivity index (χ0n) is 10.6.